The Morgan fingerprint density at radius 3 is 2.58 bits per heavy atom. The van der Waals surface area contributed by atoms with E-state index in [1.54, 1.807) is 0 Å². The quantitative estimate of drug-likeness (QED) is 0.721. The Morgan fingerprint density at radius 1 is 1.00 bits per heavy atom. The van der Waals surface area contributed by atoms with E-state index in [-0.39, 0.29) is 0 Å². The van der Waals surface area contributed by atoms with Crippen molar-refractivity contribution in [2.24, 2.45) is 0 Å². The van der Waals surface area contributed by atoms with E-state index in [1.807, 2.05) is 6.20 Å². The Bertz CT molecular complexity index is 665. The van der Waals surface area contributed by atoms with Crippen LogP contribution in [-0.2, 0) is 6.42 Å². The SMILES string of the molecule is CCCCc1ccc(-c2ccc3[nH]ncc3c2)cc1. The van der Waals surface area contributed by atoms with Gasteiger partial charge in [0.25, 0.3) is 0 Å². The number of unbranched alkanes of at least 4 members (excludes halogenated alkanes) is 1. The minimum absolute atomic E-state index is 1.09. The lowest BCUT2D eigenvalue weighted by Gasteiger charge is -2.04. The molecule has 0 radical (unpaired) electrons. The lowest BCUT2D eigenvalue weighted by molar-refractivity contribution is 0.795. The molecule has 96 valence electrons. The lowest BCUT2D eigenvalue weighted by atomic mass is 10.0. The summed E-state index contributed by atoms with van der Waals surface area (Å²) in [6, 6.07) is 15.3. The van der Waals surface area contributed by atoms with Gasteiger partial charge in [-0.3, -0.25) is 5.10 Å². The number of rotatable bonds is 4. The molecule has 0 aliphatic carbocycles. The molecule has 0 fully saturated rings. The predicted octanol–water partition coefficient (Wildman–Crippen LogP) is 4.57. The summed E-state index contributed by atoms with van der Waals surface area (Å²) >= 11 is 0. The molecule has 1 heterocycles. The predicted molar refractivity (Wildman–Crippen MR) is 80.1 cm³/mol. The number of fused-ring (bicyclic) bond motifs is 1. The largest absolute Gasteiger partial charge is 0.278 e. The smallest absolute Gasteiger partial charge is 0.0650 e. The number of aromatic amines is 1. The van der Waals surface area contributed by atoms with Gasteiger partial charge in [-0.25, -0.2) is 0 Å². The zero-order chi connectivity index (χ0) is 13.1. The van der Waals surface area contributed by atoms with Crippen LogP contribution in [0.1, 0.15) is 25.3 Å². The summed E-state index contributed by atoms with van der Waals surface area (Å²) in [6.07, 6.45) is 5.56. The molecule has 2 nitrogen and oxygen atoms in total. The molecular formula is C17H18N2. The van der Waals surface area contributed by atoms with Crippen molar-refractivity contribution >= 4 is 10.9 Å². The van der Waals surface area contributed by atoms with Crippen LogP contribution in [0.25, 0.3) is 22.0 Å². The van der Waals surface area contributed by atoms with E-state index in [0.29, 0.717) is 0 Å². The fourth-order valence-electron chi connectivity index (χ4n) is 2.37. The first kappa shape index (κ1) is 12.0. The molecule has 2 heteroatoms. The van der Waals surface area contributed by atoms with E-state index in [4.69, 9.17) is 0 Å². The molecule has 0 saturated heterocycles. The maximum absolute atomic E-state index is 4.06. The molecule has 0 saturated carbocycles. The third-order valence-corrected chi connectivity index (χ3v) is 3.55. The van der Waals surface area contributed by atoms with Crippen molar-refractivity contribution in [1.29, 1.82) is 0 Å². The summed E-state index contributed by atoms with van der Waals surface area (Å²) in [5, 5.41) is 8.20. The van der Waals surface area contributed by atoms with E-state index >= 15 is 0 Å². The number of H-pyrrole nitrogens is 1. The Balaban J connectivity index is 1.88. The van der Waals surface area contributed by atoms with Crippen molar-refractivity contribution in [2.45, 2.75) is 26.2 Å². The maximum Gasteiger partial charge on any atom is 0.0650 e. The van der Waals surface area contributed by atoms with Crippen molar-refractivity contribution in [3.8, 4) is 11.1 Å². The Labute approximate surface area is 113 Å². The normalized spacial score (nSPS) is 11.0. The van der Waals surface area contributed by atoms with Crippen LogP contribution in [0.4, 0.5) is 0 Å². The number of benzene rings is 2. The van der Waals surface area contributed by atoms with Crippen LogP contribution in [0.15, 0.2) is 48.7 Å². The second-order valence-electron chi connectivity index (χ2n) is 4.97. The van der Waals surface area contributed by atoms with Gasteiger partial charge in [-0.05, 0) is 41.7 Å². The van der Waals surface area contributed by atoms with E-state index in [2.05, 4.69) is 59.6 Å². The van der Waals surface area contributed by atoms with Gasteiger partial charge in [-0.1, -0.05) is 43.7 Å². The highest BCUT2D eigenvalue weighted by molar-refractivity contribution is 5.83. The second-order valence-corrected chi connectivity index (χ2v) is 4.97. The van der Waals surface area contributed by atoms with Gasteiger partial charge in [-0.15, -0.1) is 0 Å². The minimum atomic E-state index is 1.09. The van der Waals surface area contributed by atoms with Crippen LogP contribution >= 0.6 is 0 Å². The van der Waals surface area contributed by atoms with Gasteiger partial charge in [0.05, 0.1) is 11.7 Å². The van der Waals surface area contributed by atoms with Crippen LogP contribution in [-0.4, -0.2) is 10.2 Å². The number of nitrogens with zero attached hydrogens (tertiary/aromatic N) is 1. The molecule has 19 heavy (non-hydrogen) atoms. The monoisotopic (exact) mass is 250 g/mol. The van der Waals surface area contributed by atoms with Gasteiger partial charge in [-0.2, -0.15) is 5.10 Å². The first-order valence-corrected chi connectivity index (χ1v) is 6.89. The first-order chi connectivity index (χ1) is 9.36. The molecule has 0 aliphatic rings. The highest BCUT2D eigenvalue weighted by Crippen LogP contribution is 2.24. The summed E-state index contributed by atoms with van der Waals surface area (Å²) in [5.41, 5.74) is 5.03. The summed E-state index contributed by atoms with van der Waals surface area (Å²) in [6.45, 7) is 2.23. The maximum atomic E-state index is 4.06. The highest BCUT2D eigenvalue weighted by atomic mass is 15.1. The summed E-state index contributed by atoms with van der Waals surface area (Å²) in [5.74, 6) is 0. The summed E-state index contributed by atoms with van der Waals surface area (Å²) in [4.78, 5) is 0. The number of hydrogen-bond donors (Lipinski definition) is 1. The lowest BCUT2D eigenvalue weighted by Crippen LogP contribution is -1.85. The number of hydrogen-bond acceptors (Lipinski definition) is 1. The fourth-order valence-corrected chi connectivity index (χ4v) is 2.37. The van der Waals surface area contributed by atoms with E-state index < -0.39 is 0 Å². The van der Waals surface area contributed by atoms with Gasteiger partial charge in [0, 0.05) is 5.39 Å². The van der Waals surface area contributed by atoms with Gasteiger partial charge in [0.15, 0.2) is 0 Å². The molecule has 0 bridgehead atoms. The summed E-state index contributed by atoms with van der Waals surface area (Å²) in [7, 11) is 0. The van der Waals surface area contributed by atoms with Crippen LogP contribution in [0.3, 0.4) is 0 Å². The molecule has 0 spiro atoms. The van der Waals surface area contributed by atoms with Gasteiger partial charge in [0.2, 0.25) is 0 Å². The first-order valence-electron chi connectivity index (χ1n) is 6.89. The zero-order valence-electron chi connectivity index (χ0n) is 11.2. The molecule has 2 aromatic carbocycles. The molecule has 1 aromatic heterocycles. The van der Waals surface area contributed by atoms with Crippen molar-refractivity contribution in [3.05, 3.63) is 54.2 Å². The Morgan fingerprint density at radius 2 is 1.79 bits per heavy atom. The fraction of sp³-hybridized carbons (Fsp3) is 0.235. The standard InChI is InChI=1S/C17H18N2/c1-2-3-4-13-5-7-14(8-6-13)15-9-10-17-16(11-15)12-18-19-17/h5-12H,2-4H2,1H3,(H,18,19). The molecule has 0 aliphatic heterocycles. The highest BCUT2D eigenvalue weighted by Gasteiger charge is 2.01. The third-order valence-electron chi connectivity index (χ3n) is 3.55. The molecule has 1 N–H and O–H groups in total. The summed E-state index contributed by atoms with van der Waals surface area (Å²) < 4.78 is 0. The van der Waals surface area contributed by atoms with Crippen molar-refractivity contribution in [3.63, 3.8) is 0 Å². The Hall–Kier alpha value is -2.09. The minimum Gasteiger partial charge on any atom is -0.278 e. The topological polar surface area (TPSA) is 28.7 Å². The van der Waals surface area contributed by atoms with E-state index in [0.717, 1.165) is 10.9 Å². The van der Waals surface area contributed by atoms with Gasteiger partial charge < -0.3 is 0 Å². The van der Waals surface area contributed by atoms with Gasteiger partial charge in [0.1, 0.15) is 0 Å². The van der Waals surface area contributed by atoms with E-state index in [9.17, 15) is 0 Å². The Kier molecular flexibility index (Phi) is 3.32. The van der Waals surface area contributed by atoms with Crippen LogP contribution in [0.5, 0.6) is 0 Å². The molecule has 0 unspecified atom stereocenters. The number of aromatic nitrogens is 2. The molecule has 0 amide bonds. The molecule has 3 rings (SSSR count). The zero-order valence-corrected chi connectivity index (χ0v) is 11.2. The third kappa shape index (κ3) is 2.53. The average Bonchev–Trinajstić information content (AvgIpc) is 2.93. The van der Waals surface area contributed by atoms with E-state index in [1.165, 1.54) is 36.0 Å². The molecule has 3 aromatic rings. The number of nitrogens with one attached hydrogen (secondary N) is 1. The van der Waals surface area contributed by atoms with Crippen LogP contribution < -0.4 is 0 Å². The van der Waals surface area contributed by atoms with Crippen molar-refractivity contribution in [1.82, 2.24) is 10.2 Å². The van der Waals surface area contributed by atoms with Crippen molar-refractivity contribution in [2.75, 3.05) is 0 Å². The van der Waals surface area contributed by atoms with Gasteiger partial charge >= 0.3 is 0 Å². The molecular weight excluding hydrogens is 232 g/mol. The van der Waals surface area contributed by atoms with Crippen LogP contribution in [0.2, 0.25) is 0 Å². The van der Waals surface area contributed by atoms with Crippen LogP contribution in [0, 0.1) is 0 Å². The second kappa shape index (κ2) is 5.27. The molecule has 0 atom stereocenters. The van der Waals surface area contributed by atoms with Crippen molar-refractivity contribution < 1.29 is 0 Å². The average molecular weight is 250 g/mol. The number of aryl methyl sites for hydroxylation is 1.